The molecule has 1 aliphatic heterocycles. The topological polar surface area (TPSA) is 114 Å². The zero-order valence-corrected chi connectivity index (χ0v) is 15.8. The van der Waals surface area contributed by atoms with E-state index in [-0.39, 0.29) is 24.6 Å². The van der Waals surface area contributed by atoms with E-state index >= 15 is 4.39 Å². The molecule has 0 bridgehead atoms. The Morgan fingerprint density at radius 2 is 1.82 bits per heavy atom. The van der Waals surface area contributed by atoms with Gasteiger partial charge in [0.05, 0.1) is 29.8 Å². The zero-order chi connectivity index (χ0) is 20.2. The second-order valence-electron chi connectivity index (χ2n) is 8.09. The van der Waals surface area contributed by atoms with Gasteiger partial charge in [0.2, 0.25) is 0 Å². The number of nitrogens with two attached hydrogens (primary N) is 1. The molecule has 0 unspecified atom stereocenters. The molecule has 2 heterocycles. The van der Waals surface area contributed by atoms with Crippen LogP contribution in [0.5, 0.6) is 0 Å². The maximum Gasteiger partial charge on any atom is 0.350 e. The van der Waals surface area contributed by atoms with Crippen LogP contribution >= 0.6 is 0 Å². The van der Waals surface area contributed by atoms with Crippen molar-refractivity contribution in [1.82, 2.24) is 9.24 Å². The summed E-state index contributed by atoms with van der Waals surface area (Å²) in [7, 11) is 0. The Balaban J connectivity index is 1.88. The average Bonchev–Trinajstić information content (AvgIpc) is 3.53. The minimum atomic E-state index is -0.705. The molecule has 2 aromatic rings. The minimum Gasteiger partial charge on any atom is -0.396 e. The maximum atomic E-state index is 15.1. The summed E-state index contributed by atoms with van der Waals surface area (Å²) in [6, 6.07) is 1.14. The molecule has 9 heteroatoms. The Morgan fingerprint density at radius 3 is 2.36 bits per heavy atom. The molecule has 0 amide bonds. The molecule has 1 saturated heterocycles. The molecule has 4 N–H and O–H groups in total. The van der Waals surface area contributed by atoms with Gasteiger partial charge in [0.15, 0.2) is 0 Å². The Morgan fingerprint density at radius 1 is 1.21 bits per heavy atom. The van der Waals surface area contributed by atoms with E-state index in [2.05, 4.69) is 0 Å². The van der Waals surface area contributed by atoms with Crippen molar-refractivity contribution in [2.45, 2.75) is 38.6 Å². The number of hydrogen-bond donors (Lipinski definition) is 3. The maximum absolute atomic E-state index is 15.1. The number of nitrogens with zero attached hydrogens (tertiary/aromatic N) is 3. The highest BCUT2D eigenvalue weighted by Crippen LogP contribution is 2.40. The Hall–Kier alpha value is -2.39. The SMILES string of the molecule is Cc1c(N2CCC(CO)(CO)CC2)c(F)cc2c(=O)n(N)c(=O)n(C3CC3)c12. The van der Waals surface area contributed by atoms with E-state index < -0.39 is 22.5 Å². The van der Waals surface area contributed by atoms with Crippen LogP contribution in [0.3, 0.4) is 0 Å². The number of fused-ring (bicyclic) bond motifs is 1. The van der Waals surface area contributed by atoms with E-state index in [0.717, 1.165) is 12.8 Å². The average molecular weight is 392 g/mol. The number of aliphatic hydroxyl groups is 2. The first-order valence-electron chi connectivity index (χ1n) is 9.55. The van der Waals surface area contributed by atoms with E-state index in [1.807, 2.05) is 4.90 Å². The molecule has 152 valence electrons. The van der Waals surface area contributed by atoms with Crippen molar-refractivity contribution in [2.75, 3.05) is 37.0 Å². The van der Waals surface area contributed by atoms with Gasteiger partial charge in [-0.15, -0.1) is 0 Å². The minimum absolute atomic E-state index is 0.0276. The highest BCUT2D eigenvalue weighted by molar-refractivity contribution is 5.87. The first kappa shape index (κ1) is 18.9. The number of nitrogen functional groups attached to an aromatic ring is 1. The smallest absolute Gasteiger partial charge is 0.350 e. The number of anilines is 1. The van der Waals surface area contributed by atoms with Crippen molar-refractivity contribution in [3.05, 3.63) is 38.3 Å². The summed E-state index contributed by atoms with van der Waals surface area (Å²) < 4.78 is 17.1. The number of rotatable bonds is 4. The molecule has 1 saturated carbocycles. The Kier molecular flexibility index (Phi) is 4.46. The molecular weight excluding hydrogens is 367 g/mol. The molecule has 0 atom stereocenters. The number of benzene rings is 1. The first-order valence-corrected chi connectivity index (χ1v) is 9.55. The van der Waals surface area contributed by atoms with Crippen LogP contribution in [0.15, 0.2) is 15.7 Å². The van der Waals surface area contributed by atoms with Crippen molar-refractivity contribution in [1.29, 1.82) is 0 Å². The van der Waals surface area contributed by atoms with Gasteiger partial charge in [0.25, 0.3) is 5.56 Å². The molecule has 1 aromatic carbocycles. The number of piperidine rings is 1. The zero-order valence-electron chi connectivity index (χ0n) is 15.8. The first-order chi connectivity index (χ1) is 13.3. The largest absolute Gasteiger partial charge is 0.396 e. The van der Waals surface area contributed by atoms with Gasteiger partial charge in [0, 0.05) is 30.1 Å². The lowest BCUT2D eigenvalue weighted by molar-refractivity contribution is 0.0340. The van der Waals surface area contributed by atoms with Gasteiger partial charge >= 0.3 is 5.69 Å². The van der Waals surface area contributed by atoms with Crippen molar-refractivity contribution in [2.24, 2.45) is 5.41 Å². The molecule has 2 fully saturated rings. The van der Waals surface area contributed by atoms with Gasteiger partial charge in [0.1, 0.15) is 5.82 Å². The molecule has 2 aliphatic rings. The highest BCUT2D eigenvalue weighted by Gasteiger charge is 2.36. The van der Waals surface area contributed by atoms with Gasteiger partial charge in [-0.25, -0.2) is 9.18 Å². The van der Waals surface area contributed by atoms with Crippen molar-refractivity contribution >= 4 is 16.6 Å². The predicted octanol–water partition coefficient (Wildman–Crippen LogP) is 0.231. The molecule has 28 heavy (non-hydrogen) atoms. The van der Waals surface area contributed by atoms with Gasteiger partial charge in [-0.2, -0.15) is 4.68 Å². The second-order valence-corrected chi connectivity index (χ2v) is 8.09. The summed E-state index contributed by atoms with van der Waals surface area (Å²) in [5.41, 5.74) is -0.502. The molecule has 0 radical (unpaired) electrons. The van der Waals surface area contributed by atoms with Gasteiger partial charge < -0.3 is 21.0 Å². The van der Waals surface area contributed by atoms with E-state index in [4.69, 9.17) is 5.84 Å². The van der Waals surface area contributed by atoms with Gasteiger partial charge in [-0.1, -0.05) is 0 Å². The quantitative estimate of drug-likeness (QED) is 0.642. The summed E-state index contributed by atoms with van der Waals surface area (Å²) in [6.07, 6.45) is 2.69. The monoisotopic (exact) mass is 392 g/mol. The van der Waals surface area contributed by atoms with E-state index in [1.54, 1.807) is 6.92 Å². The van der Waals surface area contributed by atoms with Crippen LogP contribution in [0.1, 0.15) is 37.3 Å². The third-order valence-electron chi connectivity index (χ3n) is 6.29. The number of halogens is 1. The number of aromatic nitrogens is 2. The van der Waals surface area contributed by atoms with Crippen LogP contribution < -0.4 is 22.0 Å². The fourth-order valence-electron chi connectivity index (χ4n) is 4.29. The van der Waals surface area contributed by atoms with Crippen LogP contribution in [-0.4, -0.2) is 45.8 Å². The van der Waals surface area contributed by atoms with E-state index in [0.29, 0.717) is 47.4 Å². The van der Waals surface area contributed by atoms with Crippen LogP contribution in [0, 0.1) is 18.2 Å². The molecule has 4 rings (SSSR count). The van der Waals surface area contributed by atoms with Crippen molar-refractivity contribution < 1.29 is 14.6 Å². The molecular formula is C19H25FN4O4. The fourth-order valence-corrected chi connectivity index (χ4v) is 4.29. The molecule has 1 aliphatic carbocycles. The van der Waals surface area contributed by atoms with E-state index in [1.165, 1.54) is 10.6 Å². The van der Waals surface area contributed by atoms with Gasteiger partial charge in [-0.05, 0) is 38.7 Å². The molecule has 8 nitrogen and oxygen atoms in total. The van der Waals surface area contributed by atoms with Gasteiger partial charge in [-0.3, -0.25) is 9.36 Å². The Labute approximate surface area is 160 Å². The molecule has 1 aromatic heterocycles. The molecule has 0 spiro atoms. The lowest BCUT2D eigenvalue weighted by Gasteiger charge is -2.41. The lowest BCUT2D eigenvalue weighted by atomic mass is 9.79. The number of hydrogen-bond acceptors (Lipinski definition) is 6. The standard InChI is InChI=1S/C19H25FN4O4/c1-11-15-13(17(27)24(21)18(28)23(15)12-2-3-12)8-14(20)16(11)22-6-4-19(9-25,10-26)5-7-22/h8,12,25-26H,2-7,9-10,21H2,1H3. The fraction of sp³-hybridized carbons (Fsp3) is 0.579. The summed E-state index contributed by atoms with van der Waals surface area (Å²) in [5.74, 6) is 5.11. The number of aryl methyl sites for hydroxylation is 1. The third kappa shape index (κ3) is 2.72. The number of aliphatic hydroxyl groups excluding tert-OH is 2. The van der Waals surface area contributed by atoms with Crippen molar-refractivity contribution in [3.63, 3.8) is 0 Å². The van der Waals surface area contributed by atoms with Crippen LogP contribution in [-0.2, 0) is 0 Å². The highest BCUT2D eigenvalue weighted by atomic mass is 19.1. The normalized spacial score (nSPS) is 19.4. The lowest BCUT2D eigenvalue weighted by Crippen LogP contribution is -2.46. The van der Waals surface area contributed by atoms with Crippen LogP contribution in [0.2, 0.25) is 0 Å². The second kappa shape index (κ2) is 6.59. The predicted molar refractivity (Wildman–Crippen MR) is 104 cm³/mol. The summed E-state index contributed by atoms with van der Waals surface area (Å²) >= 11 is 0. The summed E-state index contributed by atoms with van der Waals surface area (Å²) in [5, 5.41) is 19.3. The summed E-state index contributed by atoms with van der Waals surface area (Å²) in [6.45, 7) is 2.42. The van der Waals surface area contributed by atoms with Crippen LogP contribution in [0.4, 0.5) is 10.1 Å². The van der Waals surface area contributed by atoms with Crippen molar-refractivity contribution in [3.8, 4) is 0 Å². The van der Waals surface area contributed by atoms with E-state index in [9.17, 15) is 19.8 Å². The summed E-state index contributed by atoms with van der Waals surface area (Å²) in [4.78, 5) is 27.0. The third-order valence-corrected chi connectivity index (χ3v) is 6.29. The van der Waals surface area contributed by atoms with Crippen LogP contribution in [0.25, 0.3) is 10.9 Å². The Bertz CT molecular complexity index is 1040.